The van der Waals surface area contributed by atoms with Crippen LogP contribution >= 0.6 is 22.7 Å². The second kappa shape index (κ2) is 6.14. The Morgan fingerprint density at radius 3 is 2.79 bits per heavy atom. The van der Waals surface area contributed by atoms with Crippen LogP contribution in [0.2, 0.25) is 0 Å². The lowest BCUT2D eigenvalue weighted by molar-refractivity contribution is 0.103. The van der Waals surface area contributed by atoms with Crippen molar-refractivity contribution in [2.75, 3.05) is 5.32 Å². The molecule has 0 atom stereocenters. The van der Waals surface area contributed by atoms with Crippen molar-refractivity contribution >= 4 is 44.5 Å². The molecule has 0 fully saturated rings. The Labute approximate surface area is 146 Å². The highest BCUT2D eigenvalue weighted by Crippen LogP contribution is 2.31. The van der Waals surface area contributed by atoms with E-state index in [2.05, 4.69) is 21.4 Å². The molecule has 0 aliphatic rings. The molecule has 6 heteroatoms. The van der Waals surface area contributed by atoms with E-state index in [9.17, 15) is 4.79 Å². The molecule has 2 aromatic carbocycles. The van der Waals surface area contributed by atoms with Gasteiger partial charge in [0, 0.05) is 11.3 Å². The number of carbonyl (C=O) groups is 1. The molecule has 24 heavy (non-hydrogen) atoms. The van der Waals surface area contributed by atoms with Crippen molar-refractivity contribution in [3.63, 3.8) is 0 Å². The van der Waals surface area contributed by atoms with Crippen molar-refractivity contribution in [3.8, 4) is 10.6 Å². The maximum atomic E-state index is 12.3. The second-order valence-corrected chi connectivity index (χ2v) is 7.17. The first-order valence-corrected chi connectivity index (χ1v) is 9.08. The number of nitrogens with zero attached hydrogens (tertiary/aromatic N) is 2. The van der Waals surface area contributed by atoms with E-state index in [4.69, 9.17) is 0 Å². The fraction of sp³-hybridized carbons (Fsp3) is 0.0556. The van der Waals surface area contributed by atoms with Crippen LogP contribution in [0.5, 0.6) is 0 Å². The minimum absolute atomic E-state index is 0.128. The van der Waals surface area contributed by atoms with Gasteiger partial charge in [-0.2, -0.15) is 0 Å². The first kappa shape index (κ1) is 15.0. The van der Waals surface area contributed by atoms with Gasteiger partial charge in [-0.3, -0.25) is 4.79 Å². The first-order valence-electron chi connectivity index (χ1n) is 7.38. The average Bonchev–Trinajstić information content (AvgIpc) is 3.21. The van der Waals surface area contributed by atoms with Gasteiger partial charge in [-0.25, -0.2) is 9.97 Å². The summed E-state index contributed by atoms with van der Waals surface area (Å²) in [5.41, 5.74) is 5.17. The van der Waals surface area contributed by atoms with Gasteiger partial charge in [0.15, 0.2) is 0 Å². The molecule has 0 saturated heterocycles. The van der Waals surface area contributed by atoms with Gasteiger partial charge >= 0.3 is 0 Å². The molecule has 4 nitrogen and oxygen atoms in total. The van der Waals surface area contributed by atoms with Crippen molar-refractivity contribution in [2.24, 2.45) is 0 Å². The number of aryl methyl sites for hydroxylation is 1. The number of thiazole rings is 2. The molecule has 1 amide bonds. The number of carbonyl (C=O) groups excluding carboxylic acids is 1. The largest absolute Gasteiger partial charge is 0.321 e. The summed E-state index contributed by atoms with van der Waals surface area (Å²) in [5.74, 6) is -0.128. The Morgan fingerprint density at radius 2 is 2.00 bits per heavy atom. The average molecular weight is 351 g/mol. The number of benzene rings is 2. The molecule has 0 aliphatic carbocycles. The van der Waals surface area contributed by atoms with E-state index in [1.54, 1.807) is 16.8 Å². The van der Waals surface area contributed by atoms with Gasteiger partial charge in [0.1, 0.15) is 9.88 Å². The third kappa shape index (κ3) is 2.81. The molecule has 0 radical (unpaired) electrons. The van der Waals surface area contributed by atoms with Gasteiger partial charge in [0.25, 0.3) is 5.91 Å². The Balaban J connectivity index is 1.64. The van der Waals surface area contributed by atoms with E-state index in [1.807, 2.05) is 49.4 Å². The van der Waals surface area contributed by atoms with Crippen LogP contribution < -0.4 is 5.32 Å². The zero-order valence-corrected chi connectivity index (χ0v) is 14.4. The molecule has 4 rings (SSSR count). The molecule has 0 aliphatic heterocycles. The summed E-state index contributed by atoms with van der Waals surface area (Å²) in [6.45, 7) is 1.84. The third-order valence-corrected chi connectivity index (χ3v) is 5.63. The summed E-state index contributed by atoms with van der Waals surface area (Å²) in [6.07, 6.45) is 0. The van der Waals surface area contributed by atoms with Crippen LogP contribution in [0, 0.1) is 6.92 Å². The molecule has 0 unspecified atom stereocenters. The van der Waals surface area contributed by atoms with Gasteiger partial charge in [0.2, 0.25) is 0 Å². The summed E-state index contributed by atoms with van der Waals surface area (Å²) < 4.78 is 1.15. The molecule has 1 N–H and O–H groups in total. The standard InChI is InChI=1S/C18H13N3OS2/c1-11-16(23-10-19-11)17(22)20-13-6-4-5-12(9-13)18-21-14-7-2-3-8-15(14)24-18/h2-10H,1H3,(H,20,22). The summed E-state index contributed by atoms with van der Waals surface area (Å²) in [5, 5.41) is 3.88. The van der Waals surface area contributed by atoms with Gasteiger partial charge in [-0.1, -0.05) is 24.3 Å². The Kier molecular flexibility index (Phi) is 3.84. The summed E-state index contributed by atoms with van der Waals surface area (Å²) in [4.78, 5) is 21.8. The van der Waals surface area contributed by atoms with Crippen molar-refractivity contribution in [1.29, 1.82) is 0 Å². The number of amides is 1. The van der Waals surface area contributed by atoms with Crippen molar-refractivity contribution in [1.82, 2.24) is 9.97 Å². The maximum Gasteiger partial charge on any atom is 0.267 e. The summed E-state index contributed by atoms with van der Waals surface area (Å²) in [7, 11) is 0. The van der Waals surface area contributed by atoms with Gasteiger partial charge in [-0.15, -0.1) is 22.7 Å². The maximum absolute atomic E-state index is 12.3. The number of anilines is 1. The van der Waals surface area contributed by atoms with Crippen LogP contribution in [0.15, 0.2) is 54.0 Å². The fourth-order valence-corrected chi connectivity index (χ4v) is 4.09. The lowest BCUT2D eigenvalue weighted by atomic mass is 10.2. The van der Waals surface area contributed by atoms with E-state index in [0.717, 1.165) is 32.2 Å². The quantitative estimate of drug-likeness (QED) is 0.566. The molecule has 0 spiro atoms. The number of hydrogen-bond acceptors (Lipinski definition) is 5. The number of nitrogens with one attached hydrogen (secondary N) is 1. The number of rotatable bonds is 3. The number of aromatic nitrogens is 2. The SMILES string of the molecule is Cc1ncsc1C(=O)Nc1cccc(-c2nc3ccccc3s2)c1. The highest BCUT2D eigenvalue weighted by molar-refractivity contribution is 7.21. The van der Waals surface area contributed by atoms with Crippen molar-refractivity contribution in [3.05, 3.63) is 64.6 Å². The molecule has 2 heterocycles. The fourth-order valence-electron chi connectivity index (χ4n) is 2.43. The minimum Gasteiger partial charge on any atom is -0.321 e. The van der Waals surface area contributed by atoms with Crippen molar-refractivity contribution in [2.45, 2.75) is 6.92 Å². The van der Waals surface area contributed by atoms with Crippen LogP contribution in [-0.4, -0.2) is 15.9 Å². The Bertz CT molecular complexity index is 1000. The zero-order chi connectivity index (χ0) is 16.5. The molecule has 118 valence electrons. The van der Waals surface area contributed by atoms with Crippen LogP contribution in [0.25, 0.3) is 20.8 Å². The minimum atomic E-state index is -0.128. The monoisotopic (exact) mass is 351 g/mol. The number of para-hydroxylation sites is 1. The highest BCUT2D eigenvalue weighted by atomic mass is 32.1. The number of hydrogen-bond donors (Lipinski definition) is 1. The van der Waals surface area contributed by atoms with Crippen LogP contribution in [0.4, 0.5) is 5.69 Å². The van der Waals surface area contributed by atoms with E-state index >= 15 is 0 Å². The summed E-state index contributed by atoms with van der Waals surface area (Å²) >= 11 is 2.99. The second-order valence-electron chi connectivity index (χ2n) is 5.29. The van der Waals surface area contributed by atoms with Crippen LogP contribution in [0.1, 0.15) is 15.4 Å². The molecular weight excluding hydrogens is 338 g/mol. The van der Waals surface area contributed by atoms with Gasteiger partial charge < -0.3 is 5.32 Å². The van der Waals surface area contributed by atoms with Gasteiger partial charge in [-0.05, 0) is 31.2 Å². The summed E-state index contributed by atoms with van der Waals surface area (Å²) in [6, 6.07) is 15.8. The van der Waals surface area contributed by atoms with E-state index in [-0.39, 0.29) is 5.91 Å². The van der Waals surface area contributed by atoms with Crippen LogP contribution in [0.3, 0.4) is 0 Å². The van der Waals surface area contributed by atoms with Crippen LogP contribution in [-0.2, 0) is 0 Å². The predicted octanol–water partition coefficient (Wildman–Crippen LogP) is 4.98. The normalized spacial score (nSPS) is 10.9. The molecule has 0 saturated carbocycles. The smallest absolute Gasteiger partial charge is 0.267 e. The highest BCUT2D eigenvalue weighted by Gasteiger charge is 2.13. The lowest BCUT2D eigenvalue weighted by Crippen LogP contribution is -2.11. The van der Waals surface area contributed by atoms with Crippen molar-refractivity contribution < 1.29 is 4.79 Å². The number of fused-ring (bicyclic) bond motifs is 1. The van der Waals surface area contributed by atoms with E-state index < -0.39 is 0 Å². The molecule has 4 aromatic rings. The topological polar surface area (TPSA) is 54.9 Å². The predicted molar refractivity (Wildman–Crippen MR) is 99.9 cm³/mol. The van der Waals surface area contributed by atoms with E-state index in [1.165, 1.54) is 11.3 Å². The van der Waals surface area contributed by atoms with E-state index in [0.29, 0.717) is 4.88 Å². The Morgan fingerprint density at radius 1 is 1.12 bits per heavy atom. The molecular formula is C18H13N3OS2. The Hall–Kier alpha value is -2.57. The third-order valence-electron chi connectivity index (χ3n) is 3.61. The van der Waals surface area contributed by atoms with Gasteiger partial charge in [0.05, 0.1) is 21.4 Å². The zero-order valence-electron chi connectivity index (χ0n) is 12.8. The molecule has 2 aromatic heterocycles. The lowest BCUT2D eigenvalue weighted by Gasteiger charge is -2.05. The molecule has 0 bridgehead atoms. The first-order chi connectivity index (χ1) is 11.7.